The molecule has 7 rings (SSSR count). The number of hydrogen-bond donors (Lipinski definition) is 3. The van der Waals surface area contributed by atoms with E-state index in [9.17, 15) is 24.8 Å². The molecule has 3 N–H and O–H groups in total. The molecule has 2 aliphatic heterocycles. The van der Waals surface area contributed by atoms with Crippen LogP contribution in [0.5, 0.6) is 0 Å². The minimum absolute atomic E-state index is 0.0277. The second-order valence-corrected chi connectivity index (χ2v) is 13.8. The number of carbonyl (C=O) groups is 3. The van der Waals surface area contributed by atoms with Gasteiger partial charge in [0, 0.05) is 12.7 Å². The van der Waals surface area contributed by atoms with E-state index in [4.69, 9.17) is 4.74 Å². The van der Waals surface area contributed by atoms with E-state index in [1.165, 1.54) is 11.1 Å². The van der Waals surface area contributed by atoms with Gasteiger partial charge in [-0.3, -0.25) is 15.0 Å². The molecule has 0 bridgehead atoms. The van der Waals surface area contributed by atoms with E-state index in [0.717, 1.165) is 40.0 Å². The zero-order valence-electron chi connectivity index (χ0n) is 30.6. The summed E-state index contributed by atoms with van der Waals surface area (Å²) in [6, 6.07) is 24.9. The van der Waals surface area contributed by atoms with E-state index in [0.29, 0.717) is 30.0 Å². The summed E-state index contributed by atoms with van der Waals surface area (Å²) in [4.78, 5) is 53.8. The number of anilines is 3. The molecule has 13 nitrogen and oxygen atoms in total. The number of nitriles is 1. The Balaban J connectivity index is 1.27. The number of amides is 3. The van der Waals surface area contributed by atoms with Crippen LogP contribution in [0.3, 0.4) is 0 Å². The van der Waals surface area contributed by atoms with Crippen LogP contribution in [-0.2, 0) is 9.53 Å². The van der Waals surface area contributed by atoms with E-state index in [2.05, 4.69) is 38.8 Å². The molecule has 3 aliphatic rings. The van der Waals surface area contributed by atoms with Gasteiger partial charge < -0.3 is 20.1 Å². The number of piperazine rings is 1. The molecular weight excluding hydrogens is 685 g/mol. The Bertz CT molecular complexity index is 2150. The van der Waals surface area contributed by atoms with Crippen molar-refractivity contribution in [3.63, 3.8) is 0 Å². The van der Waals surface area contributed by atoms with Crippen molar-refractivity contribution in [3.8, 4) is 17.2 Å². The average molecular weight is 728 g/mol. The molecule has 1 fully saturated rings. The van der Waals surface area contributed by atoms with Gasteiger partial charge in [-0.25, -0.2) is 19.2 Å². The zero-order chi connectivity index (χ0) is 38.0. The van der Waals surface area contributed by atoms with Crippen LogP contribution in [0.4, 0.5) is 26.9 Å². The summed E-state index contributed by atoms with van der Waals surface area (Å²) in [7, 11) is 0. The molecule has 2 atom stereocenters. The summed E-state index contributed by atoms with van der Waals surface area (Å²) >= 11 is 0. The van der Waals surface area contributed by atoms with Gasteiger partial charge in [-0.15, -0.1) is 0 Å². The van der Waals surface area contributed by atoms with E-state index in [-0.39, 0.29) is 50.2 Å². The van der Waals surface area contributed by atoms with Gasteiger partial charge in [-0.05, 0) is 60.2 Å². The fraction of sp³-hybridized carbons (Fsp3) is 0.317. The lowest BCUT2D eigenvalue weighted by molar-refractivity contribution is -0.878. The first-order valence-electron chi connectivity index (χ1n) is 18.3. The van der Waals surface area contributed by atoms with E-state index >= 15 is 0 Å². The van der Waals surface area contributed by atoms with Crippen molar-refractivity contribution >= 4 is 41.0 Å². The van der Waals surface area contributed by atoms with Gasteiger partial charge in [0.1, 0.15) is 30.6 Å². The van der Waals surface area contributed by atoms with Crippen LogP contribution in [0.25, 0.3) is 16.7 Å². The highest BCUT2D eigenvalue weighted by Gasteiger charge is 2.56. The molecular formula is C41H43N8O5+. The van der Waals surface area contributed by atoms with Gasteiger partial charge in [-0.2, -0.15) is 10.1 Å². The molecule has 0 radical (unpaired) electrons. The third-order valence-electron chi connectivity index (χ3n) is 10.7. The summed E-state index contributed by atoms with van der Waals surface area (Å²) in [5.41, 5.74) is 7.17. The molecule has 3 amide bonds. The second kappa shape index (κ2) is 15.0. The number of unbranched alkanes of at least 4 members (excludes halogenated alkanes) is 1. The lowest BCUT2D eigenvalue weighted by Crippen LogP contribution is -2.72. The summed E-state index contributed by atoms with van der Waals surface area (Å²) in [6.45, 7) is 6.52. The smallest absolute Gasteiger partial charge is 0.465 e. The molecule has 0 saturated carbocycles. The number of fused-ring (bicyclic) bond motifs is 4. The number of nitrogens with one attached hydrogen (secondary N) is 2. The van der Waals surface area contributed by atoms with Crippen molar-refractivity contribution in [1.82, 2.24) is 14.9 Å². The standard InChI is InChI=1S/C41H42N8O5/c1-4-6-21-54-41(53)49(25-32-29-15-9-7-13-27(29)28-14-8-10-16-30(28)32)20-19-47(40(51)52)24-35(49)38(50)46-39-43-23-26(3)36(45-39)31(22-42)37-44-33-17-11-12-18-34(33)48(37)5-2/h7-18,23,32,35H,4-6,19-21,24-25H2,1-3H3,(H2-,43,44,45,46,50,51,52)/p+1. The number of allylic oxidation sites excluding steroid dienone is 1. The van der Waals surface area contributed by atoms with Gasteiger partial charge in [0.2, 0.25) is 5.95 Å². The third-order valence-corrected chi connectivity index (χ3v) is 10.7. The first-order valence-corrected chi connectivity index (χ1v) is 18.3. The van der Waals surface area contributed by atoms with E-state index in [1.807, 2.05) is 79.4 Å². The van der Waals surface area contributed by atoms with Crippen molar-refractivity contribution in [3.05, 3.63) is 107 Å². The van der Waals surface area contributed by atoms with Crippen LogP contribution in [0.1, 0.15) is 55.0 Å². The monoisotopic (exact) mass is 727 g/mol. The van der Waals surface area contributed by atoms with Crippen molar-refractivity contribution in [1.29, 1.82) is 5.26 Å². The molecule has 54 heavy (non-hydrogen) atoms. The molecule has 1 saturated heterocycles. The Labute approximate surface area is 314 Å². The molecule has 3 heterocycles. The predicted octanol–water partition coefficient (Wildman–Crippen LogP) is 6.80. The highest BCUT2D eigenvalue weighted by Crippen LogP contribution is 2.46. The van der Waals surface area contributed by atoms with Gasteiger partial charge in [0.15, 0.2) is 6.04 Å². The lowest BCUT2D eigenvalue weighted by Gasteiger charge is -2.46. The van der Waals surface area contributed by atoms with E-state index < -0.39 is 28.6 Å². The van der Waals surface area contributed by atoms with Gasteiger partial charge >= 0.3 is 12.2 Å². The summed E-state index contributed by atoms with van der Waals surface area (Å²) < 4.78 is 5.50. The van der Waals surface area contributed by atoms with Crippen molar-refractivity contribution < 1.29 is 28.7 Å². The number of nitrogens with zero attached hydrogens (tertiary/aromatic N) is 6. The van der Waals surface area contributed by atoms with Gasteiger partial charge in [-0.1, -0.05) is 74.0 Å². The van der Waals surface area contributed by atoms with Crippen molar-refractivity contribution in [2.24, 2.45) is 0 Å². The molecule has 2 unspecified atom stereocenters. The van der Waals surface area contributed by atoms with Gasteiger partial charge in [0.05, 0.1) is 42.7 Å². The van der Waals surface area contributed by atoms with Crippen LogP contribution < -0.4 is 15.5 Å². The maximum atomic E-state index is 14.7. The predicted molar refractivity (Wildman–Crippen MR) is 204 cm³/mol. The number of hydrogen-bond acceptors (Lipinski definition) is 9. The Kier molecular flexibility index (Phi) is 10.0. The highest BCUT2D eigenvalue weighted by atomic mass is 16.6. The average Bonchev–Trinajstić information content (AvgIpc) is 3.71. The van der Waals surface area contributed by atoms with Crippen molar-refractivity contribution in [2.75, 3.05) is 54.9 Å². The SMILES string of the molecule is CCCCOC(=O)[N+]1(CC2c3ccccc3-c3ccccc32)CCN(C(=O)O)CC1C(=O)Nc1ncc(C)c(/C(C#N)=C2\Nc3ccccc3N2CC)n1. The Hall–Kier alpha value is -6.26. The first-order chi connectivity index (χ1) is 26.2. The number of para-hydroxylation sites is 2. The Morgan fingerprint density at radius 3 is 2.39 bits per heavy atom. The molecule has 1 aliphatic carbocycles. The molecule has 276 valence electrons. The highest BCUT2D eigenvalue weighted by molar-refractivity contribution is 5.95. The van der Waals surface area contributed by atoms with Crippen LogP contribution in [0.2, 0.25) is 0 Å². The normalized spacial score (nSPS) is 19.6. The molecule has 1 aromatic heterocycles. The number of aromatic nitrogens is 2. The number of aryl methyl sites for hydroxylation is 1. The second-order valence-electron chi connectivity index (χ2n) is 13.8. The van der Waals surface area contributed by atoms with Crippen LogP contribution in [0.15, 0.2) is 84.8 Å². The van der Waals surface area contributed by atoms with Crippen LogP contribution >= 0.6 is 0 Å². The van der Waals surface area contributed by atoms with Gasteiger partial charge in [0.25, 0.3) is 5.91 Å². The lowest BCUT2D eigenvalue weighted by atomic mass is 9.93. The Morgan fingerprint density at radius 2 is 1.72 bits per heavy atom. The van der Waals surface area contributed by atoms with Crippen LogP contribution in [-0.4, -0.2) is 87.9 Å². The summed E-state index contributed by atoms with van der Waals surface area (Å²) in [6.07, 6.45) is 1.21. The first kappa shape index (κ1) is 36.1. The molecule has 4 aromatic rings. The van der Waals surface area contributed by atoms with E-state index in [1.54, 1.807) is 6.92 Å². The topological polar surface area (TPSA) is 161 Å². The number of quaternary nitrogens is 1. The summed E-state index contributed by atoms with van der Waals surface area (Å²) in [5.74, 6) is -0.406. The number of carbonyl (C=O) groups excluding carboxylic acids is 2. The van der Waals surface area contributed by atoms with Crippen LogP contribution in [0, 0.1) is 18.3 Å². The number of carboxylic acid groups (broad SMARTS) is 1. The fourth-order valence-electron chi connectivity index (χ4n) is 7.94. The zero-order valence-corrected chi connectivity index (χ0v) is 30.6. The minimum Gasteiger partial charge on any atom is -0.465 e. The number of benzene rings is 3. The fourth-order valence-corrected chi connectivity index (χ4v) is 7.94. The maximum absolute atomic E-state index is 14.7. The largest absolute Gasteiger partial charge is 0.516 e. The van der Waals surface area contributed by atoms with Crippen molar-refractivity contribution in [2.45, 2.75) is 45.6 Å². The summed E-state index contributed by atoms with van der Waals surface area (Å²) in [5, 5.41) is 26.8. The minimum atomic E-state index is -1.20. The Morgan fingerprint density at radius 1 is 1.04 bits per heavy atom. The number of rotatable bonds is 9. The molecule has 0 spiro atoms. The maximum Gasteiger partial charge on any atom is 0.516 e. The number of ether oxygens (including phenoxy) is 1. The molecule has 13 heteroatoms. The third kappa shape index (κ3) is 6.39. The quantitative estimate of drug-likeness (QED) is 0.0951. The molecule has 3 aromatic carbocycles.